The number of halogens is 1. The lowest BCUT2D eigenvalue weighted by Crippen LogP contribution is -2.53. The first kappa shape index (κ1) is 21.4. The Bertz CT molecular complexity index is 775. The van der Waals surface area contributed by atoms with E-state index >= 15 is 0 Å². The zero-order valence-electron chi connectivity index (χ0n) is 17.3. The molecule has 7 nitrogen and oxygen atoms in total. The van der Waals surface area contributed by atoms with Gasteiger partial charge in [0.2, 0.25) is 5.91 Å². The van der Waals surface area contributed by atoms with E-state index in [1.807, 2.05) is 4.90 Å². The van der Waals surface area contributed by atoms with Crippen molar-refractivity contribution in [3.63, 3.8) is 0 Å². The third-order valence-corrected chi connectivity index (χ3v) is 6.55. The molecular weight excluding hydrogens is 408 g/mol. The molecule has 0 saturated carbocycles. The number of carbonyl (C=O) groups is 2. The van der Waals surface area contributed by atoms with Crippen LogP contribution in [0.25, 0.3) is 0 Å². The normalized spacial score (nSPS) is 23.6. The van der Waals surface area contributed by atoms with Gasteiger partial charge in [-0.25, -0.2) is 0 Å². The summed E-state index contributed by atoms with van der Waals surface area (Å²) in [6.07, 6.45) is 4.03. The van der Waals surface area contributed by atoms with E-state index in [9.17, 15) is 9.59 Å². The third kappa shape index (κ3) is 4.43. The second-order valence-electron chi connectivity index (χ2n) is 8.12. The fourth-order valence-corrected chi connectivity index (χ4v) is 4.87. The number of methoxy groups -OCH3 is 1. The highest BCUT2D eigenvalue weighted by molar-refractivity contribution is 6.31. The Balaban J connectivity index is 1.38. The van der Waals surface area contributed by atoms with Crippen molar-refractivity contribution in [3.8, 4) is 5.75 Å². The van der Waals surface area contributed by atoms with Gasteiger partial charge in [-0.3, -0.25) is 9.59 Å². The summed E-state index contributed by atoms with van der Waals surface area (Å²) in [4.78, 5) is 30.0. The maximum Gasteiger partial charge on any atom is 0.257 e. The molecule has 0 aliphatic carbocycles. The van der Waals surface area contributed by atoms with Crippen LogP contribution in [0.4, 0.5) is 0 Å². The van der Waals surface area contributed by atoms with Crippen molar-refractivity contribution < 1.29 is 23.8 Å². The van der Waals surface area contributed by atoms with Gasteiger partial charge in [0.1, 0.15) is 5.75 Å². The molecule has 3 heterocycles. The summed E-state index contributed by atoms with van der Waals surface area (Å²) in [5.74, 6) is 0.503. The Morgan fingerprint density at radius 3 is 2.50 bits per heavy atom. The minimum Gasteiger partial charge on any atom is -0.496 e. The standard InChI is InChI=1S/C22H29ClN2O5/c1-28-19-6-5-16(23)14-17(19)21(27)24-10-7-15(8-11-24)20(26)25-9-3-2-4-18(25)22-29-12-13-30-22/h5-6,14-15,18,22H,2-4,7-13H2,1H3. The number of piperidine rings is 2. The smallest absolute Gasteiger partial charge is 0.257 e. The number of rotatable bonds is 4. The Labute approximate surface area is 182 Å². The fourth-order valence-electron chi connectivity index (χ4n) is 4.69. The number of ether oxygens (including phenoxy) is 3. The molecule has 30 heavy (non-hydrogen) atoms. The summed E-state index contributed by atoms with van der Waals surface area (Å²) in [5.41, 5.74) is 0.460. The molecule has 0 radical (unpaired) electrons. The van der Waals surface area contributed by atoms with Gasteiger partial charge in [0.25, 0.3) is 5.91 Å². The highest BCUT2D eigenvalue weighted by atomic mass is 35.5. The van der Waals surface area contributed by atoms with Crippen molar-refractivity contribution in [2.24, 2.45) is 5.92 Å². The van der Waals surface area contributed by atoms with Crippen molar-refractivity contribution in [3.05, 3.63) is 28.8 Å². The molecular formula is C22H29ClN2O5. The topological polar surface area (TPSA) is 68.3 Å². The van der Waals surface area contributed by atoms with Crippen LogP contribution in [0.5, 0.6) is 5.75 Å². The lowest BCUT2D eigenvalue weighted by molar-refractivity contribution is -0.155. The van der Waals surface area contributed by atoms with Crippen LogP contribution in [0.3, 0.4) is 0 Å². The zero-order valence-corrected chi connectivity index (χ0v) is 18.1. The maximum absolute atomic E-state index is 13.3. The number of likely N-dealkylation sites (tertiary alicyclic amines) is 2. The number of hydrogen-bond acceptors (Lipinski definition) is 5. The molecule has 164 valence electrons. The van der Waals surface area contributed by atoms with Crippen molar-refractivity contribution in [1.29, 1.82) is 0 Å². The first-order chi connectivity index (χ1) is 14.6. The predicted molar refractivity (Wildman–Crippen MR) is 112 cm³/mol. The average molecular weight is 437 g/mol. The van der Waals surface area contributed by atoms with Gasteiger partial charge in [-0.15, -0.1) is 0 Å². The molecule has 1 aromatic carbocycles. The first-order valence-electron chi connectivity index (χ1n) is 10.7. The van der Waals surface area contributed by atoms with Crippen LogP contribution in [-0.4, -0.2) is 73.9 Å². The Morgan fingerprint density at radius 2 is 1.80 bits per heavy atom. The molecule has 8 heteroatoms. The van der Waals surface area contributed by atoms with Crippen molar-refractivity contribution >= 4 is 23.4 Å². The molecule has 0 bridgehead atoms. The summed E-state index contributed by atoms with van der Waals surface area (Å²) < 4.78 is 16.7. The lowest BCUT2D eigenvalue weighted by atomic mass is 9.92. The second-order valence-corrected chi connectivity index (χ2v) is 8.55. The van der Waals surface area contributed by atoms with E-state index in [0.717, 1.165) is 25.8 Å². The molecule has 0 spiro atoms. The minimum atomic E-state index is -0.300. The van der Waals surface area contributed by atoms with E-state index in [0.29, 0.717) is 55.5 Å². The molecule has 1 aromatic rings. The SMILES string of the molecule is COc1ccc(Cl)cc1C(=O)N1CCC(C(=O)N2CCCCC2C2OCCO2)CC1. The molecule has 1 atom stereocenters. The molecule has 4 rings (SSSR count). The quantitative estimate of drug-likeness (QED) is 0.725. The molecule has 2 amide bonds. The van der Waals surface area contributed by atoms with E-state index < -0.39 is 0 Å². The van der Waals surface area contributed by atoms with Gasteiger partial charge in [-0.1, -0.05) is 11.6 Å². The van der Waals surface area contributed by atoms with Crippen LogP contribution < -0.4 is 4.74 Å². The number of nitrogens with zero attached hydrogens (tertiary/aromatic N) is 2. The monoisotopic (exact) mass is 436 g/mol. The largest absolute Gasteiger partial charge is 0.496 e. The van der Waals surface area contributed by atoms with Crippen LogP contribution in [-0.2, 0) is 14.3 Å². The summed E-state index contributed by atoms with van der Waals surface area (Å²) in [6.45, 7) is 3.03. The molecule has 3 fully saturated rings. The van der Waals surface area contributed by atoms with Gasteiger partial charge in [0.15, 0.2) is 6.29 Å². The molecule has 3 aliphatic heterocycles. The van der Waals surface area contributed by atoms with Gasteiger partial charge < -0.3 is 24.0 Å². The molecule has 1 unspecified atom stereocenters. The molecule has 0 N–H and O–H groups in total. The maximum atomic E-state index is 13.3. The van der Waals surface area contributed by atoms with E-state index in [4.69, 9.17) is 25.8 Å². The summed E-state index contributed by atoms with van der Waals surface area (Å²) in [6, 6.07) is 5.05. The summed E-state index contributed by atoms with van der Waals surface area (Å²) in [5, 5.41) is 0.497. The van der Waals surface area contributed by atoms with E-state index in [1.165, 1.54) is 7.11 Å². The lowest BCUT2D eigenvalue weighted by Gasteiger charge is -2.41. The number of carbonyl (C=O) groups excluding carboxylic acids is 2. The third-order valence-electron chi connectivity index (χ3n) is 6.32. The first-order valence-corrected chi connectivity index (χ1v) is 11.1. The van der Waals surface area contributed by atoms with Gasteiger partial charge in [0.05, 0.1) is 31.9 Å². The highest BCUT2D eigenvalue weighted by Crippen LogP contribution is 2.30. The summed E-state index contributed by atoms with van der Waals surface area (Å²) in [7, 11) is 1.54. The number of amides is 2. The molecule has 3 saturated heterocycles. The predicted octanol–water partition coefficient (Wildman–Crippen LogP) is 2.95. The Kier molecular flexibility index (Phi) is 6.80. The van der Waals surface area contributed by atoms with Gasteiger partial charge >= 0.3 is 0 Å². The van der Waals surface area contributed by atoms with Crippen LogP contribution in [0.1, 0.15) is 42.5 Å². The fraction of sp³-hybridized carbons (Fsp3) is 0.636. The van der Waals surface area contributed by atoms with Crippen LogP contribution in [0, 0.1) is 5.92 Å². The molecule has 3 aliphatic rings. The van der Waals surface area contributed by atoms with Crippen LogP contribution in [0.2, 0.25) is 5.02 Å². The molecule has 0 aromatic heterocycles. The van der Waals surface area contributed by atoms with E-state index in [-0.39, 0.29) is 30.1 Å². The van der Waals surface area contributed by atoms with Crippen molar-refractivity contribution in [2.75, 3.05) is 40.0 Å². The highest BCUT2D eigenvalue weighted by Gasteiger charge is 2.39. The Morgan fingerprint density at radius 1 is 1.07 bits per heavy atom. The van der Waals surface area contributed by atoms with Crippen molar-refractivity contribution in [2.45, 2.75) is 44.4 Å². The summed E-state index contributed by atoms with van der Waals surface area (Å²) >= 11 is 6.08. The van der Waals surface area contributed by atoms with Crippen molar-refractivity contribution in [1.82, 2.24) is 9.80 Å². The zero-order chi connectivity index (χ0) is 21.1. The second kappa shape index (κ2) is 9.54. The van der Waals surface area contributed by atoms with E-state index in [1.54, 1.807) is 23.1 Å². The van der Waals surface area contributed by atoms with Crippen LogP contribution in [0.15, 0.2) is 18.2 Å². The number of hydrogen-bond donors (Lipinski definition) is 0. The average Bonchev–Trinajstić information content (AvgIpc) is 3.33. The van der Waals surface area contributed by atoms with Crippen LogP contribution >= 0.6 is 11.6 Å². The van der Waals surface area contributed by atoms with E-state index in [2.05, 4.69) is 0 Å². The Hall–Kier alpha value is -1.83. The van der Waals surface area contributed by atoms with Gasteiger partial charge in [-0.05, 0) is 50.3 Å². The minimum absolute atomic E-state index is 0.00383. The van der Waals surface area contributed by atoms with Gasteiger partial charge in [-0.2, -0.15) is 0 Å². The van der Waals surface area contributed by atoms with Gasteiger partial charge in [0, 0.05) is 30.6 Å². The number of benzene rings is 1.